The molecule has 1 unspecified atom stereocenters. The first kappa shape index (κ1) is 15.4. The summed E-state index contributed by atoms with van der Waals surface area (Å²) >= 11 is 0. The molecule has 21 heavy (non-hydrogen) atoms. The molecular formula is C15H19FN2O3. The number of carbonyl (C=O) groups is 2. The maximum absolute atomic E-state index is 13.6. The number of aliphatic hydroxyl groups is 1. The fourth-order valence-corrected chi connectivity index (χ4v) is 2.45. The topological polar surface area (TPSA) is 69.6 Å². The van der Waals surface area contributed by atoms with Crippen molar-refractivity contribution in [2.75, 3.05) is 25.0 Å². The van der Waals surface area contributed by atoms with Gasteiger partial charge in [0.25, 0.3) is 0 Å². The molecule has 1 saturated heterocycles. The van der Waals surface area contributed by atoms with Gasteiger partial charge < -0.3 is 15.3 Å². The van der Waals surface area contributed by atoms with E-state index in [0.717, 1.165) is 18.4 Å². The van der Waals surface area contributed by atoms with Crippen molar-refractivity contribution >= 4 is 17.5 Å². The smallest absolute Gasteiger partial charge is 0.313 e. The second-order valence-electron chi connectivity index (χ2n) is 5.38. The summed E-state index contributed by atoms with van der Waals surface area (Å²) in [6.07, 6.45) is 1.59. The minimum atomic E-state index is -0.849. The first-order chi connectivity index (χ1) is 10.0. The Bertz CT molecular complexity index is 548. The van der Waals surface area contributed by atoms with Gasteiger partial charge in [-0.15, -0.1) is 0 Å². The monoisotopic (exact) mass is 294 g/mol. The zero-order valence-corrected chi connectivity index (χ0v) is 11.9. The van der Waals surface area contributed by atoms with E-state index in [2.05, 4.69) is 5.32 Å². The minimum Gasteiger partial charge on any atom is -0.396 e. The molecule has 1 atom stereocenters. The van der Waals surface area contributed by atoms with E-state index < -0.39 is 17.6 Å². The molecule has 114 valence electrons. The third-order valence-electron chi connectivity index (χ3n) is 3.63. The number of carbonyl (C=O) groups excluding carboxylic acids is 2. The van der Waals surface area contributed by atoms with Gasteiger partial charge in [-0.3, -0.25) is 9.59 Å². The van der Waals surface area contributed by atoms with Crippen LogP contribution in [0.25, 0.3) is 0 Å². The molecular weight excluding hydrogens is 275 g/mol. The van der Waals surface area contributed by atoms with Crippen LogP contribution in [0.2, 0.25) is 0 Å². The van der Waals surface area contributed by atoms with Crippen molar-refractivity contribution in [3.8, 4) is 0 Å². The lowest BCUT2D eigenvalue weighted by Crippen LogP contribution is -2.46. The number of piperidine rings is 1. The van der Waals surface area contributed by atoms with Crippen molar-refractivity contribution in [2.45, 2.75) is 19.8 Å². The van der Waals surface area contributed by atoms with E-state index in [0.29, 0.717) is 13.1 Å². The number of benzene rings is 1. The van der Waals surface area contributed by atoms with Crippen LogP contribution in [-0.4, -0.2) is 41.5 Å². The quantitative estimate of drug-likeness (QED) is 0.808. The Morgan fingerprint density at radius 2 is 2.24 bits per heavy atom. The van der Waals surface area contributed by atoms with E-state index in [1.807, 2.05) is 0 Å². The highest BCUT2D eigenvalue weighted by atomic mass is 19.1. The first-order valence-electron chi connectivity index (χ1n) is 6.98. The van der Waals surface area contributed by atoms with E-state index in [4.69, 9.17) is 5.11 Å². The Balaban J connectivity index is 2.02. The predicted octanol–water partition coefficient (Wildman–Crippen LogP) is 1.30. The summed E-state index contributed by atoms with van der Waals surface area (Å²) in [5, 5.41) is 11.5. The molecule has 0 bridgehead atoms. The van der Waals surface area contributed by atoms with E-state index >= 15 is 0 Å². The molecule has 0 saturated carbocycles. The molecule has 0 aromatic heterocycles. The summed E-state index contributed by atoms with van der Waals surface area (Å²) in [5.41, 5.74) is 0.793. The van der Waals surface area contributed by atoms with Crippen molar-refractivity contribution < 1.29 is 19.1 Å². The summed E-state index contributed by atoms with van der Waals surface area (Å²) in [4.78, 5) is 25.4. The van der Waals surface area contributed by atoms with Gasteiger partial charge in [0.05, 0.1) is 5.69 Å². The lowest BCUT2D eigenvalue weighted by Gasteiger charge is -2.31. The van der Waals surface area contributed by atoms with Gasteiger partial charge in [-0.1, -0.05) is 6.07 Å². The third-order valence-corrected chi connectivity index (χ3v) is 3.63. The number of anilines is 1. The Labute approximate surface area is 122 Å². The van der Waals surface area contributed by atoms with Crippen molar-refractivity contribution in [3.63, 3.8) is 0 Å². The third kappa shape index (κ3) is 3.78. The number of rotatable bonds is 2. The van der Waals surface area contributed by atoms with Crippen LogP contribution in [0.15, 0.2) is 18.2 Å². The number of hydrogen-bond acceptors (Lipinski definition) is 3. The maximum atomic E-state index is 13.6. The summed E-state index contributed by atoms with van der Waals surface area (Å²) in [5.74, 6) is -2.10. The van der Waals surface area contributed by atoms with Crippen LogP contribution < -0.4 is 5.32 Å². The molecule has 1 aliphatic heterocycles. The second kappa shape index (κ2) is 6.67. The molecule has 1 fully saturated rings. The average Bonchev–Trinajstić information content (AvgIpc) is 2.50. The standard InChI is InChI=1S/C15H19FN2O3/c1-10-4-5-12(16)13(7-10)17-14(20)15(21)18-6-2-3-11(8-18)9-19/h4-5,7,11,19H,2-3,6,8-9H2,1H3,(H,17,20). The van der Waals surface area contributed by atoms with Crippen LogP contribution in [0, 0.1) is 18.7 Å². The summed E-state index contributed by atoms with van der Waals surface area (Å²) < 4.78 is 13.6. The van der Waals surface area contributed by atoms with Gasteiger partial charge in [0.15, 0.2) is 0 Å². The molecule has 1 aromatic rings. The SMILES string of the molecule is Cc1ccc(F)c(NC(=O)C(=O)N2CCCC(CO)C2)c1. The van der Waals surface area contributed by atoms with Gasteiger partial charge in [0.2, 0.25) is 0 Å². The number of aryl methyl sites for hydroxylation is 1. The van der Waals surface area contributed by atoms with E-state index in [1.54, 1.807) is 13.0 Å². The molecule has 5 nitrogen and oxygen atoms in total. The molecule has 1 aromatic carbocycles. The number of hydrogen-bond donors (Lipinski definition) is 2. The zero-order valence-electron chi connectivity index (χ0n) is 11.9. The number of aliphatic hydroxyl groups excluding tert-OH is 1. The highest BCUT2D eigenvalue weighted by molar-refractivity contribution is 6.39. The van der Waals surface area contributed by atoms with Gasteiger partial charge in [-0.05, 0) is 43.4 Å². The highest BCUT2D eigenvalue weighted by Crippen LogP contribution is 2.18. The van der Waals surface area contributed by atoms with E-state index in [-0.39, 0.29) is 18.2 Å². The van der Waals surface area contributed by atoms with Crippen LogP contribution in [0.4, 0.5) is 10.1 Å². The Hall–Kier alpha value is -1.95. The van der Waals surface area contributed by atoms with Crippen molar-refractivity contribution in [3.05, 3.63) is 29.6 Å². The fourth-order valence-electron chi connectivity index (χ4n) is 2.45. The highest BCUT2D eigenvalue weighted by Gasteiger charge is 2.27. The molecule has 2 amide bonds. The van der Waals surface area contributed by atoms with Crippen LogP contribution in [0.3, 0.4) is 0 Å². The van der Waals surface area contributed by atoms with Crippen molar-refractivity contribution in [2.24, 2.45) is 5.92 Å². The number of nitrogens with one attached hydrogen (secondary N) is 1. The molecule has 0 aliphatic carbocycles. The number of likely N-dealkylation sites (tertiary alicyclic amines) is 1. The fraction of sp³-hybridized carbons (Fsp3) is 0.467. The molecule has 2 N–H and O–H groups in total. The number of amides is 2. The lowest BCUT2D eigenvalue weighted by molar-refractivity contribution is -0.144. The van der Waals surface area contributed by atoms with Gasteiger partial charge >= 0.3 is 11.8 Å². The number of halogens is 1. The maximum Gasteiger partial charge on any atom is 0.313 e. The normalized spacial score (nSPS) is 18.4. The van der Waals surface area contributed by atoms with Crippen LogP contribution in [-0.2, 0) is 9.59 Å². The molecule has 0 radical (unpaired) electrons. The molecule has 2 rings (SSSR count). The average molecular weight is 294 g/mol. The lowest BCUT2D eigenvalue weighted by atomic mass is 9.99. The van der Waals surface area contributed by atoms with Gasteiger partial charge in [0.1, 0.15) is 5.82 Å². The van der Waals surface area contributed by atoms with Crippen LogP contribution >= 0.6 is 0 Å². The Morgan fingerprint density at radius 1 is 1.48 bits per heavy atom. The first-order valence-corrected chi connectivity index (χ1v) is 6.98. The van der Waals surface area contributed by atoms with E-state index in [9.17, 15) is 14.0 Å². The zero-order chi connectivity index (χ0) is 15.4. The van der Waals surface area contributed by atoms with Crippen LogP contribution in [0.5, 0.6) is 0 Å². The minimum absolute atomic E-state index is 0.00208. The summed E-state index contributed by atoms with van der Waals surface area (Å²) in [6.45, 7) is 2.61. The summed E-state index contributed by atoms with van der Waals surface area (Å²) in [6, 6.07) is 4.31. The Kier molecular flexibility index (Phi) is 4.90. The van der Waals surface area contributed by atoms with Gasteiger partial charge in [0, 0.05) is 19.7 Å². The molecule has 0 spiro atoms. The van der Waals surface area contributed by atoms with E-state index in [1.165, 1.54) is 17.0 Å². The second-order valence-corrected chi connectivity index (χ2v) is 5.38. The van der Waals surface area contributed by atoms with Gasteiger partial charge in [-0.2, -0.15) is 0 Å². The number of nitrogens with zero attached hydrogens (tertiary/aromatic N) is 1. The Morgan fingerprint density at radius 3 is 2.95 bits per heavy atom. The predicted molar refractivity (Wildman–Crippen MR) is 76.2 cm³/mol. The molecule has 1 heterocycles. The molecule has 6 heteroatoms. The van der Waals surface area contributed by atoms with Gasteiger partial charge in [-0.25, -0.2) is 4.39 Å². The molecule has 1 aliphatic rings. The largest absolute Gasteiger partial charge is 0.396 e. The van der Waals surface area contributed by atoms with Crippen LogP contribution in [0.1, 0.15) is 18.4 Å². The van der Waals surface area contributed by atoms with Crippen molar-refractivity contribution in [1.82, 2.24) is 4.90 Å². The van der Waals surface area contributed by atoms with Crippen molar-refractivity contribution in [1.29, 1.82) is 0 Å². The summed E-state index contributed by atoms with van der Waals surface area (Å²) in [7, 11) is 0.